The predicted octanol–water partition coefficient (Wildman–Crippen LogP) is 2.46. The summed E-state index contributed by atoms with van der Waals surface area (Å²) in [5, 5.41) is 15.1. The van der Waals surface area contributed by atoms with Crippen LogP contribution in [0.5, 0.6) is 0 Å². The Hall–Kier alpha value is -3.12. The summed E-state index contributed by atoms with van der Waals surface area (Å²) < 4.78 is 2.00. The fourth-order valence-corrected chi connectivity index (χ4v) is 2.66. The molecule has 0 fully saturated rings. The van der Waals surface area contributed by atoms with Gasteiger partial charge in [-0.15, -0.1) is 0 Å². The lowest BCUT2D eigenvalue weighted by molar-refractivity contribution is 0.216. The molecule has 3 aromatic rings. The van der Waals surface area contributed by atoms with E-state index in [9.17, 15) is 9.90 Å². The monoisotopic (exact) mass is 350 g/mol. The van der Waals surface area contributed by atoms with Gasteiger partial charge in [0.1, 0.15) is 0 Å². The summed E-state index contributed by atoms with van der Waals surface area (Å²) in [6.45, 7) is 1.04. The number of aliphatic hydroxyl groups is 1. The Kier molecular flexibility index (Phi) is 6.01. The van der Waals surface area contributed by atoms with Crippen LogP contribution in [0.2, 0.25) is 0 Å². The number of hydrogen-bond acceptors (Lipinski definition) is 3. The molecule has 134 valence electrons. The number of urea groups is 1. The minimum atomic E-state index is -0.422. The topological polar surface area (TPSA) is 79.2 Å². The Morgan fingerprint density at radius 3 is 2.46 bits per heavy atom. The molecule has 1 atom stereocenters. The molecule has 6 heteroatoms. The van der Waals surface area contributed by atoms with E-state index in [1.807, 2.05) is 65.4 Å². The van der Waals surface area contributed by atoms with E-state index < -0.39 is 6.04 Å². The first-order chi connectivity index (χ1) is 12.7. The quantitative estimate of drug-likeness (QED) is 0.612. The summed E-state index contributed by atoms with van der Waals surface area (Å²) in [6, 6.07) is 16.7. The normalized spacial score (nSPS) is 11.7. The van der Waals surface area contributed by atoms with Crippen molar-refractivity contribution in [2.24, 2.45) is 0 Å². The maximum Gasteiger partial charge on any atom is 0.315 e. The second-order valence-corrected chi connectivity index (χ2v) is 6.02. The fourth-order valence-electron chi connectivity index (χ4n) is 2.66. The molecule has 3 rings (SSSR count). The summed E-state index contributed by atoms with van der Waals surface area (Å²) in [5.74, 6) is 0. The largest absolute Gasteiger partial charge is 0.394 e. The Morgan fingerprint density at radius 2 is 1.81 bits per heavy atom. The zero-order valence-corrected chi connectivity index (χ0v) is 14.4. The molecule has 3 N–H and O–H groups in total. The Morgan fingerprint density at radius 1 is 1.08 bits per heavy atom. The highest BCUT2D eigenvalue weighted by molar-refractivity contribution is 5.74. The number of imidazole rings is 1. The molecule has 0 aliphatic rings. The molecule has 0 aliphatic carbocycles. The van der Waals surface area contributed by atoms with Gasteiger partial charge in [-0.3, -0.25) is 0 Å². The number of hydrogen-bond donors (Lipinski definition) is 3. The number of benzene rings is 2. The van der Waals surface area contributed by atoms with Gasteiger partial charge in [-0.1, -0.05) is 54.6 Å². The van der Waals surface area contributed by atoms with E-state index in [0.717, 1.165) is 17.7 Å². The van der Waals surface area contributed by atoms with Gasteiger partial charge in [0.2, 0.25) is 0 Å². The molecule has 26 heavy (non-hydrogen) atoms. The van der Waals surface area contributed by atoms with Crippen LogP contribution in [-0.4, -0.2) is 27.3 Å². The summed E-state index contributed by atoms with van der Waals surface area (Å²) in [7, 11) is 0. The van der Waals surface area contributed by atoms with Crippen molar-refractivity contribution < 1.29 is 9.90 Å². The average molecular weight is 350 g/mol. The molecule has 0 aliphatic heterocycles. The molecule has 6 nitrogen and oxygen atoms in total. The van der Waals surface area contributed by atoms with Crippen molar-refractivity contribution >= 4 is 6.03 Å². The van der Waals surface area contributed by atoms with E-state index in [1.54, 1.807) is 12.5 Å². The maximum atomic E-state index is 12.1. The third-order valence-corrected chi connectivity index (χ3v) is 4.09. The number of rotatable bonds is 7. The predicted molar refractivity (Wildman–Crippen MR) is 99.4 cm³/mol. The van der Waals surface area contributed by atoms with Crippen LogP contribution in [-0.2, 0) is 13.1 Å². The number of aliphatic hydroxyl groups excluding tert-OH is 1. The van der Waals surface area contributed by atoms with Crippen molar-refractivity contribution in [3.8, 4) is 0 Å². The van der Waals surface area contributed by atoms with E-state index in [4.69, 9.17) is 0 Å². The van der Waals surface area contributed by atoms with Crippen molar-refractivity contribution in [2.75, 3.05) is 6.61 Å². The van der Waals surface area contributed by atoms with Gasteiger partial charge in [0.15, 0.2) is 0 Å². The number of aromatic nitrogens is 2. The van der Waals surface area contributed by atoms with Crippen LogP contribution in [0, 0.1) is 0 Å². The third kappa shape index (κ3) is 4.94. The minimum absolute atomic E-state index is 0.152. The van der Waals surface area contributed by atoms with Gasteiger partial charge in [-0.2, -0.15) is 0 Å². The van der Waals surface area contributed by atoms with E-state index in [0.29, 0.717) is 6.54 Å². The smallest absolute Gasteiger partial charge is 0.315 e. The third-order valence-electron chi connectivity index (χ3n) is 4.09. The van der Waals surface area contributed by atoms with E-state index in [2.05, 4.69) is 15.6 Å². The Labute approximate surface area is 152 Å². The molecule has 1 heterocycles. The summed E-state index contributed by atoms with van der Waals surface area (Å²) >= 11 is 0. The highest BCUT2D eigenvalue weighted by Gasteiger charge is 2.12. The first-order valence-corrected chi connectivity index (χ1v) is 8.48. The lowest BCUT2D eigenvalue weighted by atomic mass is 10.1. The molecular formula is C20H22N4O2. The SMILES string of the molecule is O=C(NCc1ccc(Cn2ccnc2)cc1)NC(CO)c1ccccc1. The van der Waals surface area contributed by atoms with Crippen LogP contribution in [0.4, 0.5) is 4.79 Å². The molecule has 0 radical (unpaired) electrons. The summed E-state index contributed by atoms with van der Waals surface area (Å²) in [6.07, 6.45) is 5.46. The molecule has 1 unspecified atom stereocenters. The zero-order chi connectivity index (χ0) is 18.2. The number of carbonyl (C=O) groups is 1. The van der Waals surface area contributed by atoms with Crippen molar-refractivity contribution in [1.29, 1.82) is 0 Å². The van der Waals surface area contributed by atoms with E-state index in [1.165, 1.54) is 5.56 Å². The fraction of sp³-hybridized carbons (Fsp3) is 0.200. The summed E-state index contributed by atoms with van der Waals surface area (Å²) in [5.41, 5.74) is 3.05. The molecule has 1 aromatic heterocycles. The Balaban J connectivity index is 1.49. The van der Waals surface area contributed by atoms with Crippen LogP contribution in [0.1, 0.15) is 22.7 Å². The summed E-state index contributed by atoms with van der Waals surface area (Å²) in [4.78, 5) is 16.1. The lowest BCUT2D eigenvalue weighted by Crippen LogP contribution is -2.38. The van der Waals surface area contributed by atoms with Crippen LogP contribution in [0.25, 0.3) is 0 Å². The Bertz CT molecular complexity index is 802. The molecular weight excluding hydrogens is 328 g/mol. The van der Waals surface area contributed by atoms with E-state index >= 15 is 0 Å². The highest BCUT2D eigenvalue weighted by Crippen LogP contribution is 2.11. The molecule has 0 spiro atoms. The first-order valence-electron chi connectivity index (χ1n) is 8.48. The van der Waals surface area contributed by atoms with Crippen molar-refractivity contribution in [1.82, 2.24) is 20.2 Å². The van der Waals surface area contributed by atoms with Gasteiger partial charge in [-0.05, 0) is 16.7 Å². The highest BCUT2D eigenvalue weighted by atomic mass is 16.3. The lowest BCUT2D eigenvalue weighted by Gasteiger charge is -2.17. The second-order valence-electron chi connectivity index (χ2n) is 6.02. The van der Waals surface area contributed by atoms with Crippen molar-refractivity contribution in [3.63, 3.8) is 0 Å². The van der Waals surface area contributed by atoms with Crippen LogP contribution in [0.3, 0.4) is 0 Å². The first kappa shape index (κ1) is 17.7. The van der Waals surface area contributed by atoms with Gasteiger partial charge in [0, 0.05) is 25.5 Å². The van der Waals surface area contributed by atoms with Crippen molar-refractivity contribution in [2.45, 2.75) is 19.1 Å². The second kappa shape index (κ2) is 8.82. The van der Waals surface area contributed by atoms with Gasteiger partial charge in [0.25, 0.3) is 0 Å². The van der Waals surface area contributed by atoms with Gasteiger partial charge >= 0.3 is 6.03 Å². The zero-order valence-electron chi connectivity index (χ0n) is 14.4. The van der Waals surface area contributed by atoms with Gasteiger partial charge < -0.3 is 20.3 Å². The van der Waals surface area contributed by atoms with E-state index in [-0.39, 0.29) is 12.6 Å². The standard InChI is InChI=1S/C20H22N4O2/c25-14-19(18-4-2-1-3-5-18)23-20(26)22-12-16-6-8-17(9-7-16)13-24-11-10-21-15-24/h1-11,15,19,25H,12-14H2,(H2,22,23,26). The van der Waals surface area contributed by atoms with Crippen molar-refractivity contribution in [3.05, 3.63) is 90.0 Å². The number of amides is 2. The van der Waals surface area contributed by atoms with Crippen LogP contribution < -0.4 is 10.6 Å². The molecule has 0 bridgehead atoms. The average Bonchev–Trinajstić information content (AvgIpc) is 3.19. The van der Waals surface area contributed by atoms with Gasteiger partial charge in [0.05, 0.1) is 19.0 Å². The van der Waals surface area contributed by atoms with Gasteiger partial charge in [-0.25, -0.2) is 9.78 Å². The molecule has 0 saturated carbocycles. The number of carbonyl (C=O) groups excluding carboxylic acids is 1. The number of nitrogens with zero attached hydrogens (tertiary/aromatic N) is 2. The minimum Gasteiger partial charge on any atom is -0.394 e. The molecule has 0 saturated heterocycles. The van der Waals surface area contributed by atoms with Crippen LogP contribution in [0.15, 0.2) is 73.3 Å². The van der Waals surface area contributed by atoms with Crippen LogP contribution >= 0.6 is 0 Å². The number of nitrogens with one attached hydrogen (secondary N) is 2. The maximum absolute atomic E-state index is 12.1. The molecule has 2 amide bonds. The molecule has 2 aromatic carbocycles.